The van der Waals surface area contributed by atoms with Gasteiger partial charge in [-0.05, 0) is 56.4 Å². The molecular weight excluding hydrogens is 501 g/mol. The number of hydrogen-bond acceptors (Lipinski definition) is 4. The zero-order valence-corrected chi connectivity index (χ0v) is 22.7. The van der Waals surface area contributed by atoms with Gasteiger partial charge in [0.05, 0.1) is 0 Å². The largest absolute Gasteiger partial charge is 0.356 e. The Morgan fingerprint density at radius 2 is 1.91 bits per heavy atom. The highest BCUT2D eigenvalue weighted by Crippen LogP contribution is 2.21. The zero-order valence-electron chi connectivity index (χ0n) is 20.4. The van der Waals surface area contributed by atoms with Gasteiger partial charge in [-0.1, -0.05) is 70.9 Å². The number of amides is 1. The lowest BCUT2D eigenvalue weighted by Crippen LogP contribution is -2.26. The van der Waals surface area contributed by atoms with Crippen molar-refractivity contribution in [1.82, 2.24) is 14.9 Å². The van der Waals surface area contributed by atoms with Crippen molar-refractivity contribution in [3.05, 3.63) is 90.8 Å². The third kappa shape index (κ3) is 8.13. The van der Waals surface area contributed by atoms with E-state index in [1.807, 2.05) is 38.1 Å². The number of halogens is 2. The van der Waals surface area contributed by atoms with Crippen LogP contribution < -0.4 is 10.9 Å². The third-order valence-corrected chi connectivity index (χ3v) is 7.48. The molecule has 0 fully saturated rings. The van der Waals surface area contributed by atoms with Gasteiger partial charge in [0.1, 0.15) is 0 Å². The van der Waals surface area contributed by atoms with Crippen LogP contribution in [0.15, 0.2) is 52.4 Å². The second-order valence-electron chi connectivity index (χ2n) is 8.63. The fourth-order valence-electron chi connectivity index (χ4n) is 3.79. The van der Waals surface area contributed by atoms with E-state index >= 15 is 0 Å². The number of carbonyl (C=O) groups excluding carboxylic acids is 1. The Bertz CT molecular complexity index is 1240. The van der Waals surface area contributed by atoms with Crippen LogP contribution >= 0.6 is 35.0 Å². The van der Waals surface area contributed by atoms with E-state index in [-0.39, 0.29) is 11.5 Å². The Morgan fingerprint density at radius 1 is 1.11 bits per heavy atom. The van der Waals surface area contributed by atoms with Crippen LogP contribution in [0.3, 0.4) is 0 Å². The summed E-state index contributed by atoms with van der Waals surface area (Å²) in [4.78, 5) is 29.8. The molecule has 186 valence electrons. The number of rotatable bonds is 11. The number of benzene rings is 2. The molecule has 0 saturated carbocycles. The molecule has 3 rings (SSSR count). The lowest BCUT2D eigenvalue weighted by Gasteiger charge is -2.12. The van der Waals surface area contributed by atoms with Gasteiger partial charge in [0.15, 0.2) is 5.16 Å². The number of thioether (sulfide) groups is 1. The number of aromatic nitrogens is 2. The van der Waals surface area contributed by atoms with Gasteiger partial charge in [0.25, 0.3) is 5.56 Å². The molecule has 0 aliphatic heterocycles. The number of nitrogens with one attached hydrogen (secondary N) is 1. The molecule has 3 aromatic rings. The average Bonchev–Trinajstić information content (AvgIpc) is 2.81. The summed E-state index contributed by atoms with van der Waals surface area (Å²) in [6, 6.07) is 13.6. The molecule has 0 aliphatic rings. The zero-order chi connectivity index (χ0) is 25.4. The maximum atomic E-state index is 13.0. The summed E-state index contributed by atoms with van der Waals surface area (Å²) in [5.41, 5.74) is 4.77. The summed E-state index contributed by atoms with van der Waals surface area (Å²) in [5, 5.41) is 4.87. The maximum Gasteiger partial charge on any atom is 0.257 e. The summed E-state index contributed by atoms with van der Waals surface area (Å²) in [5.74, 6) is 0.826. The molecule has 8 heteroatoms. The van der Waals surface area contributed by atoms with E-state index < -0.39 is 0 Å². The Kier molecular flexibility index (Phi) is 10.3. The van der Waals surface area contributed by atoms with Gasteiger partial charge in [-0.3, -0.25) is 14.2 Å². The van der Waals surface area contributed by atoms with Crippen LogP contribution in [0.25, 0.3) is 0 Å². The molecule has 0 radical (unpaired) electrons. The molecule has 0 aliphatic carbocycles. The second kappa shape index (κ2) is 13.1. The average molecular weight is 533 g/mol. The first kappa shape index (κ1) is 27.3. The highest BCUT2D eigenvalue weighted by molar-refractivity contribution is 7.99. The SMILES string of the molecule is Cc1cccc(Cc2c(C)nc(SCCCCC(=O)NCCc3ccc(Cl)cc3Cl)n(C)c2=O)c1. The lowest BCUT2D eigenvalue weighted by atomic mass is 10.0. The van der Waals surface area contributed by atoms with E-state index in [4.69, 9.17) is 28.2 Å². The first-order chi connectivity index (χ1) is 16.7. The summed E-state index contributed by atoms with van der Waals surface area (Å²) in [6.45, 7) is 4.49. The highest BCUT2D eigenvalue weighted by Gasteiger charge is 2.13. The van der Waals surface area contributed by atoms with E-state index in [0.717, 1.165) is 41.0 Å². The van der Waals surface area contributed by atoms with Crippen LogP contribution in [-0.4, -0.2) is 27.8 Å². The minimum atomic E-state index is 0.00155. The van der Waals surface area contributed by atoms with Crippen molar-refractivity contribution < 1.29 is 4.79 Å². The first-order valence-electron chi connectivity index (χ1n) is 11.7. The predicted octanol–water partition coefficient (Wildman–Crippen LogP) is 5.92. The summed E-state index contributed by atoms with van der Waals surface area (Å²) in [6.07, 6.45) is 3.35. The summed E-state index contributed by atoms with van der Waals surface area (Å²) < 4.78 is 1.64. The van der Waals surface area contributed by atoms with Gasteiger partial charge in [0, 0.05) is 53.5 Å². The molecule has 2 aromatic carbocycles. The fraction of sp³-hybridized carbons (Fsp3) is 0.370. The van der Waals surface area contributed by atoms with Crippen molar-refractivity contribution in [2.24, 2.45) is 7.05 Å². The number of aryl methyl sites for hydroxylation is 2. The molecular formula is C27H31Cl2N3O2S. The van der Waals surface area contributed by atoms with Gasteiger partial charge in [0.2, 0.25) is 5.91 Å². The van der Waals surface area contributed by atoms with Crippen molar-refractivity contribution in [3.63, 3.8) is 0 Å². The molecule has 0 spiro atoms. The predicted molar refractivity (Wildman–Crippen MR) is 146 cm³/mol. The van der Waals surface area contributed by atoms with E-state index in [1.54, 1.807) is 35.5 Å². The van der Waals surface area contributed by atoms with E-state index in [0.29, 0.717) is 41.0 Å². The number of unbranched alkanes of at least 4 members (excludes halogenated alkanes) is 1. The maximum absolute atomic E-state index is 13.0. The number of carbonyl (C=O) groups is 1. The van der Waals surface area contributed by atoms with Gasteiger partial charge in [-0.25, -0.2) is 4.98 Å². The molecule has 0 bridgehead atoms. The van der Waals surface area contributed by atoms with Crippen LogP contribution in [0.5, 0.6) is 0 Å². The van der Waals surface area contributed by atoms with Crippen molar-refractivity contribution in [1.29, 1.82) is 0 Å². The van der Waals surface area contributed by atoms with Crippen molar-refractivity contribution in [3.8, 4) is 0 Å². The Morgan fingerprint density at radius 3 is 2.66 bits per heavy atom. The summed E-state index contributed by atoms with van der Waals surface area (Å²) in [7, 11) is 1.78. The number of hydrogen-bond donors (Lipinski definition) is 1. The van der Waals surface area contributed by atoms with E-state index in [9.17, 15) is 9.59 Å². The van der Waals surface area contributed by atoms with Gasteiger partial charge in [-0.2, -0.15) is 0 Å². The molecule has 0 saturated heterocycles. The Labute approximate surface area is 221 Å². The van der Waals surface area contributed by atoms with Crippen LogP contribution in [0, 0.1) is 13.8 Å². The molecule has 0 unspecified atom stereocenters. The summed E-state index contributed by atoms with van der Waals surface area (Å²) >= 11 is 13.6. The normalized spacial score (nSPS) is 11.0. The Hall–Kier alpha value is -2.28. The van der Waals surface area contributed by atoms with Crippen LogP contribution in [0.4, 0.5) is 0 Å². The van der Waals surface area contributed by atoms with Crippen LogP contribution in [-0.2, 0) is 24.7 Å². The van der Waals surface area contributed by atoms with Gasteiger partial charge >= 0.3 is 0 Å². The van der Waals surface area contributed by atoms with Crippen LogP contribution in [0.2, 0.25) is 10.0 Å². The number of nitrogens with zero attached hydrogens (tertiary/aromatic N) is 2. The fourth-order valence-corrected chi connectivity index (χ4v) is 5.30. The topological polar surface area (TPSA) is 64.0 Å². The van der Waals surface area contributed by atoms with Crippen molar-refractivity contribution in [2.75, 3.05) is 12.3 Å². The van der Waals surface area contributed by atoms with E-state index in [1.165, 1.54) is 5.56 Å². The highest BCUT2D eigenvalue weighted by atomic mass is 35.5. The molecule has 1 heterocycles. The Balaban J connectivity index is 1.42. The molecule has 1 aromatic heterocycles. The van der Waals surface area contributed by atoms with Gasteiger partial charge in [-0.15, -0.1) is 0 Å². The van der Waals surface area contributed by atoms with Crippen molar-refractivity contribution >= 4 is 40.9 Å². The minimum absolute atomic E-state index is 0.00155. The van der Waals surface area contributed by atoms with Gasteiger partial charge < -0.3 is 5.32 Å². The van der Waals surface area contributed by atoms with Crippen LogP contribution in [0.1, 0.15) is 47.2 Å². The smallest absolute Gasteiger partial charge is 0.257 e. The second-order valence-corrected chi connectivity index (χ2v) is 10.5. The molecule has 1 amide bonds. The standard InChI is InChI=1S/C27H31Cl2N3O2S/c1-18-7-6-8-20(15-18)16-23-19(2)31-27(32(3)26(23)34)35-14-5-4-9-25(33)30-13-12-21-10-11-22(28)17-24(21)29/h6-8,10-11,15,17H,4-5,9,12-14,16H2,1-3H3,(H,30,33). The molecule has 0 atom stereocenters. The lowest BCUT2D eigenvalue weighted by molar-refractivity contribution is -0.121. The minimum Gasteiger partial charge on any atom is -0.356 e. The quantitative estimate of drug-likeness (QED) is 0.189. The first-order valence-corrected chi connectivity index (χ1v) is 13.4. The van der Waals surface area contributed by atoms with Crippen molar-refractivity contribution in [2.45, 2.75) is 51.1 Å². The monoisotopic (exact) mass is 531 g/mol. The molecule has 35 heavy (non-hydrogen) atoms. The molecule has 5 nitrogen and oxygen atoms in total. The third-order valence-electron chi connectivity index (χ3n) is 5.77. The van der Waals surface area contributed by atoms with E-state index in [2.05, 4.69) is 11.4 Å². The molecule has 1 N–H and O–H groups in total.